The Morgan fingerprint density at radius 2 is 1.89 bits per heavy atom. The number of carbonyl (C=O) groups is 3. The molecule has 2 unspecified atom stereocenters. The zero-order chi connectivity index (χ0) is 19.9. The lowest BCUT2D eigenvalue weighted by molar-refractivity contribution is -0.137. The number of allylic oxidation sites excluding steroid dienone is 2. The summed E-state index contributed by atoms with van der Waals surface area (Å²) in [6, 6.07) is 5.13. The van der Waals surface area contributed by atoms with Gasteiger partial charge in [0, 0.05) is 24.3 Å². The van der Waals surface area contributed by atoms with Crippen molar-refractivity contribution in [3.8, 4) is 11.5 Å². The molecule has 1 aliphatic carbocycles. The van der Waals surface area contributed by atoms with Crippen LogP contribution < -0.4 is 9.47 Å². The molecular formula is C22H26O6. The van der Waals surface area contributed by atoms with Crippen LogP contribution >= 0.6 is 0 Å². The van der Waals surface area contributed by atoms with Crippen molar-refractivity contribution < 1.29 is 29.0 Å². The second kappa shape index (κ2) is 9.53. The van der Waals surface area contributed by atoms with Crippen LogP contribution in [0.5, 0.6) is 11.5 Å². The summed E-state index contributed by atoms with van der Waals surface area (Å²) in [7, 11) is 0. The first-order valence-electron chi connectivity index (χ1n) is 9.91. The van der Waals surface area contributed by atoms with Crippen LogP contribution in [0.15, 0.2) is 30.4 Å². The number of carboxylic acid groups (broad SMARTS) is 1. The number of hydrogen-bond acceptors (Lipinski definition) is 5. The molecule has 1 aliphatic heterocycles. The van der Waals surface area contributed by atoms with Crippen LogP contribution in [0.4, 0.5) is 0 Å². The monoisotopic (exact) mass is 386 g/mol. The van der Waals surface area contributed by atoms with Gasteiger partial charge in [0.15, 0.2) is 17.3 Å². The average Bonchev–Trinajstić information content (AvgIpc) is 3.28. The number of Topliss-reactive ketones (excluding diaryl/α,β-unsaturated/α-hetero) is 1. The van der Waals surface area contributed by atoms with Gasteiger partial charge < -0.3 is 14.6 Å². The van der Waals surface area contributed by atoms with Gasteiger partial charge in [-0.05, 0) is 49.5 Å². The van der Waals surface area contributed by atoms with Crippen LogP contribution in [-0.2, 0) is 9.59 Å². The van der Waals surface area contributed by atoms with Crippen LogP contribution in [0.3, 0.4) is 0 Å². The zero-order valence-corrected chi connectivity index (χ0v) is 15.9. The minimum atomic E-state index is -0.761. The van der Waals surface area contributed by atoms with Gasteiger partial charge in [-0.15, -0.1) is 0 Å². The maximum absolute atomic E-state index is 12.5. The molecule has 3 rings (SSSR count). The number of aliphatic carboxylic acids is 1. The highest BCUT2D eigenvalue weighted by atomic mass is 16.7. The molecule has 0 radical (unpaired) electrons. The number of hydrogen-bond donors (Lipinski definition) is 1. The summed E-state index contributed by atoms with van der Waals surface area (Å²) in [5.41, 5.74) is 0.541. The summed E-state index contributed by atoms with van der Waals surface area (Å²) >= 11 is 0. The van der Waals surface area contributed by atoms with Gasteiger partial charge in [-0.3, -0.25) is 14.4 Å². The fraction of sp³-hybridized carbons (Fsp3) is 0.500. The van der Waals surface area contributed by atoms with Gasteiger partial charge in [-0.1, -0.05) is 25.3 Å². The van der Waals surface area contributed by atoms with Crippen LogP contribution in [0.1, 0.15) is 61.7 Å². The lowest BCUT2D eigenvalue weighted by atomic mass is 9.89. The van der Waals surface area contributed by atoms with Gasteiger partial charge >= 0.3 is 5.97 Å². The van der Waals surface area contributed by atoms with Crippen molar-refractivity contribution in [3.05, 3.63) is 35.9 Å². The zero-order valence-electron chi connectivity index (χ0n) is 15.9. The highest BCUT2D eigenvalue weighted by molar-refractivity contribution is 6.05. The van der Waals surface area contributed by atoms with E-state index in [1.165, 1.54) is 0 Å². The van der Waals surface area contributed by atoms with Gasteiger partial charge in [0.2, 0.25) is 6.79 Å². The molecule has 1 aromatic rings. The number of carbonyl (C=O) groups excluding carboxylic acids is 2. The molecule has 2 atom stereocenters. The van der Waals surface area contributed by atoms with Crippen molar-refractivity contribution >= 4 is 17.5 Å². The summed E-state index contributed by atoms with van der Waals surface area (Å²) in [5.74, 6) is 0.704. The van der Waals surface area contributed by atoms with Crippen molar-refractivity contribution in [1.82, 2.24) is 0 Å². The predicted octanol–water partition coefficient (Wildman–Crippen LogP) is 4.17. The molecule has 0 aromatic heterocycles. The molecule has 1 N–H and O–H groups in total. The minimum Gasteiger partial charge on any atom is -0.481 e. The Morgan fingerprint density at radius 3 is 2.71 bits per heavy atom. The van der Waals surface area contributed by atoms with E-state index in [1.54, 1.807) is 24.3 Å². The number of rotatable bonds is 10. The van der Waals surface area contributed by atoms with Crippen LogP contribution in [-0.4, -0.2) is 29.4 Å². The van der Waals surface area contributed by atoms with Gasteiger partial charge in [-0.2, -0.15) is 0 Å². The van der Waals surface area contributed by atoms with Crippen molar-refractivity contribution in [2.75, 3.05) is 6.79 Å². The second-order valence-corrected chi connectivity index (χ2v) is 7.41. The summed E-state index contributed by atoms with van der Waals surface area (Å²) < 4.78 is 10.6. The Morgan fingerprint density at radius 1 is 1.11 bits per heavy atom. The van der Waals surface area contributed by atoms with Crippen LogP contribution in [0, 0.1) is 11.8 Å². The third-order valence-corrected chi connectivity index (χ3v) is 5.46. The number of benzene rings is 1. The Balaban J connectivity index is 1.49. The van der Waals surface area contributed by atoms with Crippen molar-refractivity contribution in [2.24, 2.45) is 11.8 Å². The Kier molecular flexibility index (Phi) is 6.85. The highest BCUT2D eigenvalue weighted by Crippen LogP contribution is 2.35. The van der Waals surface area contributed by atoms with Crippen molar-refractivity contribution in [3.63, 3.8) is 0 Å². The van der Waals surface area contributed by atoms with Gasteiger partial charge in [0.25, 0.3) is 0 Å². The third-order valence-electron chi connectivity index (χ3n) is 5.46. The number of fused-ring (bicyclic) bond motifs is 1. The normalized spacial score (nSPS) is 20.8. The van der Waals surface area contributed by atoms with E-state index in [9.17, 15) is 14.4 Å². The molecule has 28 heavy (non-hydrogen) atoms. The van der Waals surface area contributed by atoms with E-state index in [1.807, 2.05) is 6.08 Å². The Labute approximate surface area is 164 Å². The smallest absolute Gasteiger partial charge is 0.303 e. The number of ketones is 2. The molecule has 6 nitrogen and oxygen atoms in total. The lowest BCUT2D eigenvalue weighted by Crippen LogP contribution is -2.13. The van der Waals surface area contributed by atoms with Crippen LogP contribution in [0.25, 0.3) is 0 Å². The summed E-state index contributed by atoms with van der Waals surface area (Å²) in [5, 5.41) is 8.65. The highest BCUT2D eigenvalue weighted by Gasteiger charge is 2.32. The summed E-state index contributed by atoms with van der Waals surface area (Å²) in [4.78, 5) is 35.2. The molecule has 1 saturated carbocycles. The first-order valence-corrected chi connectivity index (χ1v) is 9.91. The standard InChI is InChI=1S/C22H26O6/c23-18(16-9-12-20-21(13-16)28-14-27-20)10-7-15-8-11-19(24)17(15)5-3-1-2-4-6-22(25)26/h7,9-10,12-13,15,17H,1-6,8,11,14H2,(H,25,26). The second-order valence-electron chi connectivity index (χ2n) is 7.41. The fourth-order valence-corrected chi connectivity index (χ4v) is 3.89. The molecule has 0 spiro atoms. The van der Waals surface area contributed by atoms with Gasteiger partial charge in [0.05, 0.1) is 0 Å². The first kappa shape index (κ1) is 20.1. The Hall–Kier alpha value is -2.63. The van der Waals surface area contributed by atoms with E-state index >= 15 is 0 Å². The van der Waals surface area contributed by atoms with Crippen molar-refractivity contribution in [1.29, 1.82) is 0 Å². The van der Waals surface area contributed by atoms with Crippen molar-refractivity contribution in [2.45, 2.75) is 51.4 Å². The molecule has 0 bridgehead atoms. The molecular weight excluding hydrogens is 360 g/mol. The van der Waals surface area contributed by atoms with E-state index in [2.05, 4.69) is 0 Å². The molecule has 2 aliphatic rings. The molecule has 1 heterocycles. The number of ether oxygens (including phenoxy) is 2. The number of unbranched alkanes of at least 4 members (excludes halogenated alkanes) is 3. The fourth-order valence-electron chi connectivity index (χ4n) is 3.89. The maximum Gasteiger partial charge on any atom is 0.303 e. The third kappa shape index (κ3) is 5.21. The average molecular weight is 386 g/mol. The van der Waals surface area contributed by atoms with Gasteiger partial charge in [-0.25, -0.2) is 0 Å². The maximum atomic E-state index is 12.5. The lowest BCUT2D eigenvalue weighted by Gasteiger charge is -2.14. The van der Waals surface area contributed by atoms with E-state index in [0.717, 1.165) is 32.1 Å². The molecule has 1 fully saturated rings. The molecule has 150 valence electrons. The molecule has 1 aromatic carbocycles. The predicted molar refractivity (Wildman–Crippen MR) is 103 cm³/mol. The quantitative estimate of drug-likeness (QED) is 0.369. The number of carboxylic acids is 1. The first-order chi connectivity index (χ1) is 13.5. The SMILES string of the molecule is O=C(O)CCCCCCC1C(=O)CCC1C=CC(=O)c1ccc2c(c1)OCO2. The van der Waals surface area contributed by atoms with Crippen LogP contribution in [0.2, 0.25) is 0 Å². The minimum absolute atomic E-state index is 0.0275. The molecule has 0 saturated heterocycles. The molecule has 0 amide bonds. The molecule has 6 heteroatoms. The van der Waals surface area contributed by atoms with E-state index in [0.29, 0.717) is 29.9 Å². The summed E-state index contributed by atoms with van der Waals surface area (Å²) in [6.45, 7) is 0.172. The van der Waals surface area contributed by atoms with E-state index in [-0.39, 0.29) is 36.6 Å². The Bertz CT molecular complexity index is 766. The largest absolute Gasteiger partial charge is 0.481 e. The summed E-state index contributed by atoms with van der Waals surface area (Å²) in [6.07, 6.45) is 9.21. The van der Waals surface area contributed by atoms with Gasteiger partial charge in [0.1, 0.15) is 5.78 Å². The van der Waals surface area contributed by atoms with E-state index in [4.69, 9.17) is 14.6 Å². The van der Waals surface area contributed by atoms with E-state index < -0.39 is 5.97 Å². The topological polar surface area (TPSA) is 89.9 Å².